The minimum absolute atomic E-state index is 0.0196. The van der Waals surface area contributed by atoms with Crippen molar-refractivity contribution in [2.45, 2.75) is 56.5 Å². The molecule has 0 unspecified atom stereocenters. The van der Waals surface area contributed by atoms with Crippen molar-refractivity contribution in [2.24, 2.45) is 5.41 Å². The highest BCUT2D eigenvalue weighted by Crippen LogP contribution is 2.48. The van der Waals surface area contributed by atoms with Crippen LogP contribution in [-0.4, -0.2) is 67.0 Å². The zero-order valence-electron chi connectivity index (χ0n) is 27.7. The molecule has 1 aliphatic heterocycles. The average Bonchev–Trinajstić information content (AvgIpc) is 4.04. The Hall–Kier alpha value is -4.61. The summed E-state index contributed by atoms with van der Waals surface area (Å²) in [6, 6.07) is 15.5. The van der Waals surface area contributed by atoms with Crippen molar-refractivity contribution in [3.8, 4) is 23.0 Å². The van der Waals surface area contributed by atoms with E-state index in [0.29, 0.717) is 64.9 Å². The normalized spacial score (nSPS) is 18.1. The molecule has 9 nitrogen and oxygen atoms in total. The van der Waals surface area contributed by atoms with Crippen LogP contribution in [0.25, 0.3) is 10.9 Å². The quantitative estimate of drug-likeness (QED) is 0.157. The lowest BCUT2D eigenvalue weighted by molar-refractivity contribution is -0.132. The summed E-state index contributed by atoms with van der Waals surface area (Å²) in [5, 5.41) is 7.16. The molecule has 2 heterocycles. The van der Waals surface area contributed by atoms with E-state index in [0.717, 1.165) is 38.8 Å². The molecule has 4 aromatic rings. The van der Waals surface area contributed by atoms with Crippen LogP contribution in [0, 0.1) is 17.0 Å². The van der Waals surface area contributed by atoms with E-state index in [-0.39, 0.29) is 23.5 Å². The lowest BCUT2D eigenvalue weighted by atomic mass is 9.94. The van der Waals surface area contributed by atoms with Gasteiger partial charge in [-0.3, -0.25) is 14.6 Å². The van der Waals surface area contributed by atoms with Gasteiger partial charge < -0.3 is 29.7 Å². The van der Waals surface area contributed by atoms with Crippen molar-refractivity contribution in [3.63, 3.8) is 0 Å². The predicted molar refractivity (Wildman–Crippen MR) is 181 cm³/mol. The number of pyridine rings is 1. The first-order valence-corrected chi connectivity index (χ1v) is 16.8. The molecule has 0 radical (unpaired) electrons. The number of benzene rings is 3. The number of hydrogen-bond acceptors (Lipinski definition) is 8. The number of Topliss-reactive ketones (excluding diaryl/α,β-unsaturated/α-hetero) is 1. The Morgan fingerprint density at radius 1 is 0.918 bits per heavy atom. The Balaban J connectivity index is 1.01. The first-order valence-electron chi connectivity index (χ1n) is 16.8. The van der Waals surface area contributed by atoms with Gasteiger partial charge in [0.05, 0.1) is 18.2 Å². The topological polar surface area (TPSA) is 102 Å². The maximum absolute atomic E-state index is 15.4. The molecular formula is C38H40F2N4O5. The molecule has 0 atom stereocenters. The number of amides is 1. The second kappa shape index (κ2) is 13.4. The Labute approximate surface area is 283 Å². The van der Waals surface area contributed by atoms with E-state index in [4.69, 9.17) is 14.2 Å². The molecule has 1 amide bonds. The van der Waals surface area contributed by atoms with Crippen LogP contribution in [-0.2, 0) is 16.0 Å². The lowest BCUT2D eigenvalue weighted by Gasteiger charge is -2.32. The van der Waals surface area contributed by atoms with Crippen molar-refractivity contribution in [1.29, 1.82) is 0 Å². The minimum atomic E-state index is -1.17. The Morgan fingerprint density at radius 3 is 2.35 bits per heavy atom. The maximum atomic E-state index is 15.4. The molecule has 7 rings (SSSR count). The van der Waals surface area contributed by atoms with E-state index < -0.39 is 23.0 Å². The number of carbonyl (C=O) groups is 2. The summed E-state index contributed by atoms with van der Waals surface area (Å²) < 4.78 is 46.7. The molecule has 3 aliphatic rings. The van der Waals surface area contributed by atoms with Gasteiger partial charge in [-0.05, 0) is 113 Å². The lowest BCUT2D eigenvalue weighted by Crippen LogP contribution is -2.48. The third kappa shape index (κ3) is 7.23. The van der Waals surface area contributed by atoms with E-state index in [1.807, 2.05) is 6.07 Å². The number of likely N-dealkylation sites (tertiary alicyclic amines) is 1. The van der Waals surface area contributed by atoms with Gasteiger partial charge in [0.2, 0.25) is 5.91 Å². The molecule has 3 fully saturated rings. The van der Waals surface area contributed by atoms with Crippen LogP contribution >= 0.6 is 0 Å². The first kappa shape index (κ1) is 32.9. The number of nitrogens with zero attached hydrogens (tertiary/aromatic N) is 2. The molecule has 2 N–H and O–H groups in total. The Bertz CT molecular complexity index is 1870. The number of hydrogen-bond donors (Lipinski definition) is 2. The minimum Gasteiger partial charge on any atom is -0.493 e. The smallest absolute Gasteiger partial charge is 0.238 e. The first-order chi connectivity index (χ1) is 23.6. The van der Waals surface area contributed by atoms with Gasteiger partial charge in [0, 0.05) is 35.8 Å². The molecule has 0 spiro atoms. The van der Waals surface area contributed by atoms with Crippen LogP contribution < -0.4 is 24.8 Å². The van der Waals surface area contributed by atoms with Crippen LogP contribution in [0.15, 0.2) is 66.9 Å². The molecule has 2 saturated carbocycles. The molecule has 49 heavy (non-hydrogen) atoms. The van der Waals surface area contributed by atoms with Crippen molar-refractivity contribution >= 4 is 28.3 Å². The number of ether oxygens (including phenoxy) is 3. The molecule has 3 aromatic carbocycles. The summed E-state index contributed by atoms with van der Waals surface area (Å²) in [5.41, 5.74) is 0.253. The summed E-state index contributed by atoms with van der Waals surface area (Å²) in [5.74, 6) is -0.333. The van der Waals surface area contributed by atoms with Crippen LogP contribution in [0.4, 0.5) is 14.5 Å². The molecule has 0 bridgehead atoms. The fraction of sp³-hybridized carbons (Fsp3) is 0.395. The third-order valence-corrected chi connectivity index (χ3v) is 9.97. The molecule has 1 saturated heterocycles. The SMILES string of the molecule is COc1cc2c(Oc3ccc(CC(=O)C4(C(=O)Nc5ccc(F)cc5)CC4)cc3F)ccnc2cc1OCC1(NC2CCN(C)CC2)CC1. The highest BCUT2D eigenvalue weighted by atomic mass is 19.1. The van der Waals surface area contributed by atoms with Gasteiger partial charge in [0.15, 0.2) is 28.8 Å². The number of carbonyl (C=O) groups excluding carboxylic acids is 2. The molecule has 1 aromatic heterocycles. The number of nitrogens with one attached hydrogen (secondary N) is 2. The fourth-order valence-electron chi connectivity index (χ4n) is 6.52. The van der Waals surface area contributed by atoms with Gasteiger partial charge >= 0.3 is 0 Å². The Kier molecular flexibility index (Phi) is 8.97. The monoisotopic (exact) mass is 670 g/mol. The highest BCUT2D eigenvalue weighted by molar-refractivity contribution is 6.14. The summed E-state index contributed by atoms with van der Waals surface area (Å²) in [6.07, 6.45) is 6.69. The summed E-state index contributed by atoms with van der Waals surface area (Å²) in [7, 11) is 3.74. The zero-order chi connectivity index (χ0) is 34.2. The molecular weight excluding hydrogens is 630 g/mol. The standard InChI is InChI=1S/C38H40F2N4O5/c1-44-17-10-27(11-18-44)43-37(12-13-37)23-48-34-22-30-28(21-33(34)47-2)31(9-16-41-30)49-32-8-3-24(19-29(32)40)20-35(45)38(14-15-38)36(46)42-26-6-4-25(39)5-7-26/h3-9,16,19,21-22,27,43H,10-15,17-18,20,23H2,1-2H3,(H,42,46). The van der Waals surface area contributed by atoms with E-state index in [2.05, 4.69) is 27.6 Å². The van der Waals surface area contributed by atoms with E-state index in [1.165, 1.54) is 36.4 Å². The predicted octanol–water partition coefficient (Wildman–Crippen LogP) is 6.44. The molecule has 256 valence electrons. The van der Waals surface area contributed by atoms with Crippen molar-refractivity contribution in [1.82, 2.24) is 15.2 Å². The average molecular weight is 671 g/mol. The van der Waals surface area contributed by atoms with E-state index >= 15 is 4.39 Å². The van der Waals surface area contributed by atoms with Crippen molar-refractivity contribution < 1.29 is 32.6 Å². The molecule has 11 heteroatoms. The summed E-state index contributed by atoms with van der Waals surface area (Å²) in [4.78, 5) is 33.0. The summed E-state index contributed by atoms with van der Waals surface area (Å²) >= 11 is 0. The second-order valence-electron chi connectivity index (χ2n) is 13.6. The van der Waals surface area contributed by atoms with Crippen LogP contribution in [0.5, 0.6) is 23.0 Å². The second-order valence-corrected chi connectivity index (χ2v) is 13.6. The number of anilines is 1. The van der Waals surface area contributed by atoms with Crippen LogP contribution in [0.2, 0.25) is 0 Å². The number of fused-ring (bicyclic) bond motifs is 1. The number of ketones is 1. The maximum Gasteiger partial charge on any atom is 0.238 e. The van der Waals surface area contributed by atoms with Gasteiger partial charge in [0.1, 0.15) is 23.6 Å². The van der Waals surface area contributed by atoms with Gasteiger partial charge in [-0.15, -0.1) is 0 Å². The number of halogens is 2. The van der Waals surface area contributed by atoms with Gasteiger partial charge in [-0.1, -0.05) is 6.07 Å². The van der Waals surface area contributed by atoms with Gasteiger partial charge in [-0.2, -0.15) is 0 Å². The Morgan fingerprint density at radius 2 is 1.67 bits per heavy atom. The van der Waals surface area contributed by atoms with Gasteiger partial charge in [0.25, 0.3) is 0 Å². The largest absolute Gasteiger partial charge is 0.493 e. The summed E-state index contributed by atoms with van der Waals surface area (Å²) in [6.45, 7) is 2.72. The number of piperidine rings is 1. The van der Waals surface area contributed by atoms with Gasteiger partial charge in [-0.25, -0.2) is 8.78 Å². The van der Waals surface area contributed by atoms with Crippen molar-refractivity contribution in [3.05, 3.63) is 84.1 Å². The third-order valence-electron chi connectivity index (χ3n) is 9.97. The highest BCUT2D eigenvalue weighted by Gasteiger charge is 2.55. The molecule has 2 aliphatic carbocycles. The number of methoxy groups -OCH3 is 1. The number of aromatic nitrogens is 1. The number of rotatable bonds is 13. The zero-order valence-corrected chi connectivity index (χ0v) is 27.7. The van der Waals surface area contributed by atoms with Crippen LogP contribution in [0.1, 0.15) is 44.1 Å². The van der Waals surface area contributed by atoms with Crippen LogP contribution in [0.3, 0.4) is 0 Å². The van der Waals surface area contributed by atoms with E-state index in [9.17, 15) is 14.0 Å². The fourth-order valence-corrected chi connectivity index (χ4v) is 6.52. The van der Waals surface area contributed by atoms with Crippen molar-refractivity contribution in [2.75, 3.05) is 39.2 Å². The van der Waals surface area contributed by atoms with E-state index in [1.54, 1.807) is 31.5 Å².